The average molecular weight is 430 g/mol. The number of aromatic nitrogens is 1. The van der Waals surface area contributed by atoms with E-state index in [1.54, 1.807) is 12.5 Å². The van der Waals surface area contributed by atoms with Crippen LogP contribution in [0.3, 0.4) is 0 Å². The first-order valence-electron chi connectivity index (χ1n) is 11.8. The quantitative estimate of drug-likeness (QED) is 0.326. The van der Waals surface area contributed by atoms with Gasteiger partial charge in [0.25, 0.3) is 0 Å². The summed E-state index contributed by atoms with van der Waals surface area (Å²) in [5, 5.41) is 6.87. The third-order valence-corrected chi connectivity index (χ3v) is 6.47. The van der Waals surface area contributed by atoms with Crippen LogP contribution in [0.4, 0.5) is 5.88 Å². The molecule has 5 heteroatoms. The summed E-state index contributed by atoms with van der Waals surface area (Å²) in [5.41, 5.74) is 3.05. The van der Waals surface area contributed by atoms with Crippen molar-refractivity contribution >= 4 is 16.7 Å². The molecule has 0 saturated carbocycles. The van der Waals surface area contributed by atoms with Crippen LogP contribution >= 0.6 is 0 Å². The van der Waals surface area contributed by atoms with Crippen molar-refractivity contribution in [3.63, 3.8) is 0 Å². The van der Waals surface area contributed by atoms with Crippen LogP contribution in [0.15, 0.2) is 76.1 Å². The molecule has 4 aromatic rings. The largest absolute Gasteiger partial charge is 0.472 e. The van der Waals surface area contributed by atoms with Crippen molar-refractivity contribution < 1.29 is 8.94 Å². The SMILES string of the molecule is c1ccc2c(CN(CCCN3CCCCCC3)c3cc(-c4ccoc4)no3)cccc2c1. The van der Waals surface area contributed by atoms with Gasteiger partial charge in [-0.3, -0.25) is 0 Å². The predicted octanol–water partition coefficient (Wildman–Crippen LogP) is 6.36. The molecule has 1 aliphatic heterocycles. The topological polar surface area (TPSA) is 45.7 Å². The van der Waals surface area contributed by atoms with E-state index < -0.39 is 0 Å². The van der Waals surface area contributed by atoms with Gasteiger partial charge in [0.15, 0.2) is 0 Å². The smallest absolute Gasteiger partial charge is 0.228 e. The van der Waals surface area contributed by atoms with Gasteiger partial charge < -0.3 is 18.7 Å². The molecule has 1 fully saturated rings. The van der Waals surface area contributed by atoms with Gasteiger partial charge in [-0.15, -0.1) is 0 Å². The van der Waals surface area contributed by atoms with E-state index in [1.165, 1.54) is 55.1 Å². The first-order valence-corrected chi connectivity index (χ1v) is 11.8. The molecule has 1 aliphatic rings. The molecule has 5 nitrogen and oxygen atoms in total. The lowest BCUT2D eigenvalue weighted by Crippen LogP contribution is -2.30. The van der Waals surface area contributed by atoms with Gasteiger partial charge in [-0.1, -0.05) is 60.5 Å². The Balaban J connectivity index is 1.35. The average Bonchev–Trinajstić information content (AvgIpc) is 3.47. The number of fused-ring (bicyclic) bond motifs is 1. The molecule has 0 aliphatic carbocycles. The van der Waals surface area contributed by atoms with Crippen LogP contribution in [0.25, 0.3) is 22.0 Å². The summed E-state index contributed by atoms with van der Waals surface area (Å²) >= 11 is 0. The van der Waals surface area contributed by atoms with E-state index in [-0.39, 0.29) is 0 Å². The number of nitrogens with zero attached hydrogens (tertiary/aromatic N) is 3. The lowest BCUT2D eigenvalue weighted by Gasteiger charge is -2.25. The van der Waals surface area contributed by atoms with Crippen LogP contribution in [0.2, 0.25) is 0 Å². The predicted molar refractivity (Wildman–Crippen MR) is 129 cm³/mol. The molecule has 166 valence electrons. The maximum Gasteiger partial charge on any atom is 0.228 e. The minimum atomic E-state index is 0.793. The summed E-state index contributed by atoms with van der Waals surface area (Å²) in [7, 11) is 0. The molecule has 2 aromatic carbocycles. The molecule has 32 heavy (non-hydrogen) atoms. The molecule has 0 unspecified atom stereocenters. The van der Waals surface area contributed by atoms with Crippen molar-refractivity contribution in [2.75, 3.05) is 31.1 Å². The highest BCUT2D eigenvalue weighted by molar-refractivity contribution is 5.85. The Morgan fingerprint density at radius 1 is 0.938 bits per heavy atom. The fourth-order valence-corrected chi connectivity index (χ4v) is 4.71. The van der Waals surface area contributed by atoms with E-state index in [0.717, 1.165) is 43.2 Å². The van der Waals surface area contributed by atoms with Crippen molar-refractivity contribution in [3.05, 3.63) is 72.7 Å². The summed E-state index contributed by atoms with van der Waals surface area (Å²) in [5.74, 6) is 0.810. The van der Waals surface area contributed by atoms with Crippen molar-refractivity contribution in [2.24, 2.45) is 0 Å². The molecule has 0 N–H and O–H groups in total. The zero-order chi connectivity index (χ0) is 21.6. The van der Waals surface area contributed by atoms with Gasteiger partial charge in [-0.05, 0) is 61.3 Å². The number of hydrogen-bond donors (Lipinski definition) is 0. The normalized spacial score (nSPS) is 15.1. The van der Waals surface area contributed by atoms with Crippen molar-refractivity contribution in [1.29, 1.82) is 0 Å². The second-order valence-electron chi connectivity index (χ2n) is 8.73. The third-order valence-electron chi connectivity index (χ3n) is 6.47. The Hall–Kier alpha value is -3.05. The van der Waals surface area contributed by atoms with Gasteiger partial charge in [-0.25, -0.2) is 0 Å². The molecule has 0 amide bonds. The molecular weight excluding hydrogens is 398 g/mol. The molecule has 5 rings (SSSR count). The van der Waals surface area contributed by atoms with Crippen LogP contribution in [-0.2, 0) is 6.54 Å². The summed E-state index contributed by atoms with van der Waals surface area (Å²) in [6, 6.07) is 19.1. The first kappa shape index (κ1) is 20.8. The van der Waals surface area contributed by atoms with Gasteiger partial charge in [0, 0.05) is 24.7 Å². The lowest BCUT2D eigenvalue weighted by atomic mass is 10.0. The first-order chi connectivity index (χ1) is 15.9. The summed E-state index contributed by atoms with van der Waals surface area (Å²) in [6.45, 7) is 5.32. The fraction of sp³-hybridized carbons (Fsp3) is 0.370. The number of hydrogen-bond acceptors (Lipinski definition) is 5. The van der Waals surface area contributed by atoms with E-state index in [9.17, 15) is 0 Å². The number of furan rings is 1. The minimum Gasteiger partial charge on any atom is -0.472 e. The number of benzene rings is 2. The Kier molecular flexibility index (Phi) is 6.54. The number of likely N-dealkylation sites (tertiary alicyclic amines) is 1. The molecule has 0 bridgehead atoms. The monoisotopic (exact) mass is 429 g/mol. The molecule has 0 atom stereocenters. The van der Waals surface area contributed by atoms with Gasteiger partial charge in [0.05, 0.1) is 12.5 Å². The van der Waals surface area contributed by atoms with Gasteiger partial charge >= 0.3 is 0 Å². The summed E-state index contributed by atoms with van der Waals surface area (Å²) < 4.78 is 11.0. The molecule has 1 saturated heterocycles. The zero-order valence-corrected chi connectivity index (χ0v) is 18.6. The second kappa shape index (κ2) is 10.0. The van der Waals surface area contributed by atoms with Gasteiger partial charge in [0.2, 0.25) is 5.88 Å². The maximum atomic E-state index is 5.82. The van der Waals surface area contributed by atoms with E-state index in [2.05, 4.69) is 57.4 Å². The molecule has 0 spiro atoms. The molecule has 2 aromatic heterocycles. The standard InChI is InChI=1S/C27H31N3O2/c1-2-6-15-29(14-5-1)16-8-17-30(27-19-26(28-32-27)24-13-18-31-21-24)20-23-11-7-10-22-9-3-4-12-25(22)23/h3-4,7,9-13,18-19,21H,1-2,5-6,8,14-17,20H2. The van der Waals surface area contributed by atoms with E-state index in [4.69, 9.17) is 8.94 Å². The Morgan fingerprint density at radius 2 is 1.78 bits per heavy atom. The highest BCUT2D eigenvalue weighted by Gasteiger charge is 2.17. The minimum absolute atomic E-state index is 0.793. The number of rotatable bonds is 8. The van der Waals surface area contributed by atoms with Gasteiger partial charge in [0.1, 0.15) is 5.69 Å². The molecular formula is C27H31N3O2. The van der Waals surface area contributed by atoms with Crippen molar-refractivity contribution in [3.8, 4) is 11.3 Å². The van der Waals surface area contributed by atoms with E-state index in [0.29, 0.717) is 0 Å². The molecule has 0 radical (unpaired) electrons. The number of anilines is 1. The van der Waals surface area contributed by atoms with Crippen LogP contribution in [-0.4, -0.2) is 36.2 Å². The van der Waals surface area contributed by atoms with Crippen molar-refractivity contribution in [1.82, 2.24) is 10.1 Å². The zero-order valence-electron chi connectivity index (χ0n) is 18.6. The Morgan fingerprint density at radius 3 is 2.62 bits per heavy atom. The molecule has 3 heterocycles. The Bertz CT molecular complexity index is 1110. The highest BCUT2D eigenvalue weighted by Crippen LogP contribution is 2.28. The van der Waals surface area contributed by atoms with Gasteiger partial charge in [-0.2, -0.15) is 0 Å². The van der Waals surface area contributed by atoms with E-state index in [1.807, 2.05) is 12.1 Å². The maximum absolute atomic E-state index is 5.82. The van der Waals surface area contributed by atoms with Crippen LogP contribution in [0.1, 0.15) is 37.7 Å². The van der Waals surface area contributed by atoms with Crippen LogP contribution in [0.5, 0.6) is 0 Å². The summed E-state index contributed by atoms with van der Waals surface area (Å²) in [4.78, 5) is 4.95. The van der Waals surface area contributed by atoms with Crippen LogP contribution in [0, 0.1) is 0 Å². The van der Waals surface area contributed by atoms with E-state index >= 15 is 0 Å². The second-order valence-corrected chi connectivity index (χ2v) is 8.73. The lowest BCUT2D eigenvalue weighted by molar-refractivity contribution is 0.281. The van der Waals surface area contributed by atoms with Crippen molar-refractivity contribution in [2.45, 2.75) is 38.6 Å². The highest BCUT2D eigenvalue weighted by atomic mass is 16.5. The Labute approximate surface area is 189 Å². The third kappa shape index (κ3) is 4.89. The van der Waals surface area contributed by atoms with Crippen LogP contribution < -0.4 is 4.90 Å². The summed E-state index contributed by atoms with van der Waals surface area (Å²) in [6.07, 6.45) is 9.88. The fourth-order valence-electron chi connectivity index (χ4n) is 4.71.